The zero-order valence-electron chi connectivity index (χ0n) is 13.9. The van der Waals surface area contributed by atoms with Crippen LogP contribution in [-0.2, 0) is 11.3 Å². The van der Waals surface area contributed by atoms with E-state index in [9.17, 15) is 0 Å². The largest absolute Gasteiger partial charge is 0.379 e. The van der Waals surface area contributed by atoms with Crippen molar-refractivity contribution >= 4 is 5.69 Å². The lowest BCUT2D eigenvalue weighted by Gasteiger charge is -2.25. The molecule has 1 aliphatic rings. The number of rotatable bonds is 8. The summed E-state index contributed by atoms with van der Waals surface area (Å²) in [6, 6.07) is 2.09. The number of nitrogens with one attached hydrogen (secondary N) is 1. The van der Waals surface area contributed by atoms with E-state index in [2.05, 4.69) is 49.1 Å². The van der Waals surface area contributed by atoms with Crippen molar-refractivity contribution in [1.29, 1.82) is 0 Å². The Labute approximate surface area is 128 Å². The van der Waals surface area contributed by atoms with Gasteiger partial charge in [0.25, 0.3) is 0 Å². The zero-order valence-corrected chi connectivity index (χ0v) is 13.9. The number of ether oxygens (including phenoxy) is 1. The van der Waals surface area contributed by atoms with Crippen molar-refractivity contribution < 1.29 is 4.74 Å². The molecule has 4 heteroatoms. The van der Waals surface area contributed by atoms with Gasteiger partial charge in [0.1, 0.15) is 0 Å². The molecule has 4 nitrogen and oxygen atoms in total. The van der Waals surface area contributed by atoms with E-state index in [-0.39, 0.29) is 5.54 Å². The number of hydrogen-bond acceptors (Lipinski definition) is 4. The van der Waals surface area contributed by atoms with Crippen LogP contribution in [0, 0.1) is 5.92 Å². The molecule has 1 fully saturated rings. The predicted molar refractivity (Wildman–Crippen MR) is 87.6 cm³/mol. The molecule has 0 radical (unpaired) electrons. The van der Waals surface area contributed by atoms with Gasteiger partial charge < -0.3 is 15.0 Å². The molecule has 0 aliphatic heterocycles. The molecule has 0 saturated heterocycles. The summed E-state index contributed by atoms with van der Waals surface area (Å²) >= 11 is 0. The highest BCUT2D eigenvalue weighted by molar-refractivity contribution is 5.51. The number of anilines is 1. The van der Waals surface area contributed by atoms with E-state index in [1.165, 1.54) is 24.1 Å². The molecule has 21 heavy (non-hydrogen) atoms. The van der Waals surface area contributed by atoms with E-state index >= 15 is 0 Å². The van der Waals surface area contributed by atoms with Crippen LogP contribution in [0.15, 0.2) is 18.5 Å². The zero-order chi connectivity index (χ0) is 15.3. The highest BCUT2D eigenvalue weighted by Gasteiger charge is 2.21. The Balaban J connectivity index is 1.84. The minimum Gasteiger partial charge on any atom is -0.379 e. The Hall–Kier alpha value is -1.13. The fourth-order valence-electron chi connectivity index (χ4n) is 2.12. The van der Waals surface area contributed by atoms with E-state index in [1.54, 1.807) is 0 Å². The van der Waals surface area contributed by atoms with Crippen LogP contribution < -0.4 is 10.2 Å². The molecule has 0 atom stereocenters. The molecule has 1 aromatic heterocycles. The molecule has 118 valence electrons. The van der Waals surface area contributed by atoms with Crippen LogP contribution in [0.2, 0.25) is 0 Å². The van der Waals surface area contributed by atoms with Crippen LogP contribution in [0.4, 0.5) is 5.69 Å². The van der Waals surface area contributed by atoms with E-state index in [0.29, 0.717) is 0 Å². The van der Waals surface area contributed by atoms with Crippen LogP contribution in [0.5, 0.6) is 0 Å². The molecule has 1 heterocycles. The van der Waals surface area contributed by atoms with Gasteiger partial charge in [-0.2, -0.15) is 0 Å². The van der Waals surface area contributed by atoms with E-state index in [1.807, 2.05) is 12.4 Å². The third-order valence-electron chi connectivity index (χ3n) is 3.73. The fraction of sp³-hybridized carbons (Fsp3) is 0.706. The van der Waals surface area contributed by atoms with Crippen LogP contribution in [0.3, 0.4) is 0 Å². The summed E-state index contributed by atoms with van der Waals surface area (Å²) in [5.74, 6) is 0.834. The van der Waals surface area contributed by atoms with Gasteiger partial charge in [0.2, 0.25) is 0 Å². The molecule has 2 rings (SSSR count). The quantitative estimate of drug-likeness (QED) is 0.747. The number of aromatic nitrogens is 1. The number of pyridine rings is 1. The first-order valence-corrected chi connectivity index (χ1v) is 7.92. The first-order valence-electron chi connectivity index (χ1n) is 7.92. The Morgan fingerprint density at radius 2 is 2.14 bits per heavy atom. The molecule has 0 amide bonds. The highest BCUT2D eigenvalue weighted by Crippen LogP contribution is 2.28. The number of likely N-dealkylation sites (N-methyl/N-ethyl adjacent to an activating group) is 1. The van der Waals surface area contributed by atoms with Gasteiger partial charge in [0.15, 0.2) is 0 Å². The highest BCUT2D eigenvalue weighted by atomic mass is 16.5. The van der Waals surface area contributed by atoms with Gasteiger partial charge in [0, 0.05) is 38.5 Å². The smallest absolute Gasteiger partial charge is 0.0641 e. The normalized spacial score (nSPS) is 15.2. The lowest BCUT2D eigenvalue weighted by Crippen LogP contribution is -2.35. The minimum absolute atomic E-state index is 0.118. The maximum atomic E-state index is 5.73. The van der Waals surface area contributed by atoms with Gasteiger partial charge in [-0.15, -0.1) is 0 Å². The molecule has 1 saturated carbocycles. The molecule has 1 aliphatic carbocycles. The molecule has 0 spiro atoms. The summed E-state index contributed by atoms with van der Waals surface area (Å²) in [6.07, 6.45) is 6.50. The molecular formula is C17H29N3O. The van der Waals surface area contributed by atoms with Gasteiger partial charge in [-0.1, -0.05) is 0 Å². The second-order valence-corrected chi connectivity index (χ2v) is 7.05. The average molecular weight is 291 g/mol. The van der Waals surface area contributed by atoms with Crippen molar-refractivity contribution in [3.05, 3.63) is 24.0 Å². The lowest BCUT2D eigenvalue weighted by molar-refractivity contribution is 0.131. The summed E-state index contributed by atoms with van der Waals surface area (Å²) in [5.41, 5.74) is 2.58. The lowest BCUT2D eigenvalue weighted by atomic mass is 10.1. The third kappa shape index (κ3) is 6.02. The summed E-state index contributed by atoms with van der Waals surface area (Å²) in [7, 11) is 2.11. The van der Waals surface area contributed by atoms with E-state index < -0.39 is 0 Å². The van der Waals surface area contributed by atoms with Crippen molar-refractivity contribution in [2.24, 2.45) is 5.92 Å². The fourth-order valence-corrected chi connectivity index (χ4v) is 2.12. The number of nitrogens with zero attached hydrogens (tertiary/aromatic N) is 2. The minimum atomic E-state index is 0.118. The van der Waals surface area contributed by atoms with Gasteiger partial charge in [-0.25, -0.2) is 0 Å². The average Bonchev–Trinajstić information content (AvgIpc) is 3.25. The first kappa shape index (κ1) is 16.2. The molecule has 0 unspecified atom stereocenters. The van der Waals surface area contributed by atoms with Crippen LogP contribution in [0.1, 0.15) is 39.2 Å². The van der Waals surface area contributed by atoms with Crippen LogP contribution >= 0.6 is 0 Å². The Morgan fingerprint density at radius 1 is 1.38 bits per heavy atom. The van der Waals surface area contributed by atoms with Crippen molar-refractivity contribution in [2.45, 2.75) is 45.7 Å². The Kier molecular flexibility index (Phi) is 5.59. The topological polar surface area (TPSA) is 37.4 Å². The second kappa shape index (κ2) is 7.23. The Bertz CT molecular complexity index is 438. The molecule has 0 bridgehead atoms. The van der Waals surface area contributed by atoms with Crippen LogP contribution in [0.25, 0.3) is 0 Å². The van der Waals surface area contributed by atoms with Crippen LogP contribution in [-0.4, -0.2) is 37.3 Å². The second-order valence-electron chi connectivity index (χ2n) is 7.05. The first-order chi connectivity index (χ1) is 9.96. The SMILES string of the molecule is CN(CCOCC1CC1)c1cnccc1CNC(C)(C)C. The summed E-state index contributed by atoms with van der Waals surface area (Å²) in [6.45, 7) is 10.0. The predicted octanol–water partition coefficient (Wildman–Crippen LogP) is 2.83. The summed E-state index contributed by atoms with van der Waals surface area (Å²) < 4.78 is 5.73. The monoisotopic (exact) mass is 291 g/mol. The molecular weight excluding hydrogens is 262 g/mol. The molecule has 1 N–H and O–H groups in total. The summed E-state index contributed by atoms with van der Waals surface area (Å²) in [4.78, 5) is 6.50. The molecule has 1 aromatic rings. The molecule has 0 aromatic carbocycles. The van der Waals surface area contributed by atoms with E-state index in [0.717, 1.165) is 32.2 Å². The van der Waals surface area contributed by atoms with Crippen molar-refractivity contribution in [3.8, 4) is 0 Å². The number of hydrogen-bond donors (Lipinski definition) is 1. The van der Waals surface area contributed by atoms with Gasteiger partial charge in [-0.05, 0) is 51.2 Å². The van der Waals surface area contributed by atoms with E-state index in [4.69, 9.17) is 4.74 Å². The van der Waals surface area contributed by atoms with Crippen molar-refractivity contribution in [2.75, 3.05) is 31.7 Å². The van der Waals surface area contributed by atoms with Crippen molar-refractivity contribution in [3.63, 3.8) is 0 Å². The van der Waals surface area contributed by atoms with Gasteiger partial charge >= 0.3 is 0 Å². The maximum absolute atomic E-state index is 5.73. The standard InChI is InChI=1S/C17H29N3O/c1-17(2,3)19-11-15-7-8-18-12-16(15)20(4)9-10-21-13-14-5-6-14/h7-8,12,14,19H,5-6,9-11,13H2,1-4H3. The summed E-state index contributed by atoms with van der Waals surface area (Å²) in [5, 5.41) is 3.54. The van der Waals surface area contributed by atoms with Gasteiger partial charge in [0.05, 0.1) is 18.5 Å². The van der Waals surface area contributed by atoms with Gasteiger partial charge in [-0.3, -0.25) is 4.98 Å². The van der Waals surface area contributed by atoms with Crippen molar-refractivity contribution in [1.82, 2.24) is 10.3 Å². The Morgan fingerprint density at radius 3 is 2.81 bits per heavy atom. The third-order valence-corrected chi connectivity index (χ3v) is 3.73. The maximum Gasteiger partial charge on any atom is 0.0641 e.